The highest BCUT2D eigenvalue weighted by Crippen LogP contribution is 2.39. The molecular weight excluding hydrogens is 331 g/mol. The maximum absolute atomic E-state index is 12.9. The van der Waals surface area contributed by atoms with Gasteiger partial charge in [-0.1, -0.05) is 18.1 Å². The van der Waals surface area contributed by atoms with E-state index in [9.17, 15) is 18.4 Å². The van der Waals surface area contributed by atoms with Crippen LogP contribution >= 0.6 is 0 Å². The number of rotatable bonds is 3. The summed E-state index contributed by atoms with van der Waals surface area (Å²) in [7, 11) is 0. The molecule has 128 valence electrons. The molecule has 1 aliphatic rings. The molecule has 2 aromatic rings. The van der Waals surface area contributed by atoms with Gasteiger partial charge in [0.25, 0.3) is 0 Å². The molecule has 1 aromatic heterocycles. The minimum atomic E-state index is -4.51. The number of alkyl halides is 3. The summed E-state index contributed by atoms with van der Waals surface area (Å²) >= 11 is 0. The standard InChI is InChI=1S/C17H14F3N5/c18-17(19,20)13-4-3-12(8-21)14(7-13)15-9-25(24-23-15)11-16(10-22)5-1-2-6-16/h3-4,7,9H,1-2,5-6,11H2. The van der Waals surface area contributed by atoms with Gasteiger partial charge in [0.05, 0.1) is 41.4 Å². The first-order chi connectivity index (χ1) is 11.9. The Kier molecular flexibility index (Phi) is 4.22. The molecule has 8 heteroatoms. The summed E-state index contributed by atoms with van der Waals surface area (Å²) in [5.41, 5.74) is -0.984. The average molecular weight is 345 g/mol. The lowest BCUT2D eigenvalue weighted by molar-refractivity contribution is -0.137. The highest BCUT2D eigenvalue weighted by Gasteiger charge is 2.35. The normalized spacial score (nSPS) is 16.4. The molecule has 1 aromatic carbocycles. The predicted octanol–water partition coefficient (Wildman–Crippen LogP) is 3.92. The van der Waals surface area contributed by atoms with E-state index in [1.54, 1.807) is 0 Å². The number of halogens is 3. The highest BCUT2D eigenvalue weighted by molar-refractivity contribution is 5.67. The van der Waals surface area contributed by atoms with Gasteiger partial charge < -0.3 is 0 Å². The molecule has 0 amide bonds. The Morgan fingerprint density at radius 2 is 1.92 bits per heavy atom. The first-order valence-corrected chi connectivity index (χ1v) is 7.80. The molecule has 0 spiro atoms. The van der Waals surface area contributed by atoms with Gasteiger partial charge in [-0.15, -0.1) is 5.10 Å². The molecule has 1 fully saturated rings. The largest absolute Gasteiger partial charge is 0.416 e. The third kappa shape index (κ3) is 3.34. The molecule has 0 radical (unpaired) electrons. The van der Waals surface area contributed by atoms with Crippen molar-refractivity contribution in [1.82, 2.24) is 15.0 Å². The van der Waals surface area contributed by atoms with Crippen LogP contribution < -0.4 is 0 Å². The van der Waals surface area contributed by atoms with Crippen LogP contribution in [0.25, 0.3) is 11.3 Å². The Balaban J connectivity index is 1.95. The van der Waals surface area contributed by atoms with Gasteiger partial charge in [0.15, 0.2) is 0 Å². The quantitative estimate of drug-likeness (QED) is 0.844. The Labute approximate surface area is 142 Å². The molecule has 0 saturated heterocycles. The maximum atomic E-state index is 12.9. The average Bonchev–Trinajstić information content (AvgIpc) is 3.24. The van der Waals surface area contributed by atoms with E-state index in [4.69, 9.17) is 5.26 Å². The summed E-state index contributed by atoms with van der Waals surface area (Å²) < 4.78 is 40.3. The lowest BCUT2D eigenvalue weighted by atomic mass is 9.88. The van der Waals surface area contributed by atoms with Gasteiger partial charge >= 0.3 is 6.18 Å². The zero-order chi connectivity index (χ0) is 18.1. The zero-order valence-electron chi connectivity index (χ0n) is 13.2. The van der Waals surface area contributed by atoms with E-state index in [2.05, 4.69) is 16.4 Å². The van der Waals surface area contributed by atoms with Crippen LogP contribution in [0, 0.1) is 28.1 Å². The van der Waals surface area contributed by atoms with Gasteiger partial charge in [-0.3, -0.25) is 4.68 Å². The Morgan fingerprint density at radius 1 is 1.20 bits per heavy atom. The van der Waals surface area contributed by atoms with Gasteiger partial charge in [0.1, 0.15) is 5.69 Å². The van der Waals surface area contributed by atoms with Crippen molar-refractivity contribution in [2.45, 2.75) is 38.4 Å². The fourth-order valence-electron chi connectivity index (χ4n) is 3.20. The Bertz CT molecular complexity index is 864. The van der Waals surface area contributed by atoms with E-state index >= 15 is 0 Å². The SMILES string of the molecule is N#Cc1ccc(C(F)(F)F)cc1-c1cn(CC2(C#N)CCCC2)nn1. The van der Waals surface area contributed by atoms with Crippen molar-refractivity contribution in [2.24, 2.45) is 5.41 Å². The fraction of sp³-hybridized carbons (Fsp3) is 0.412. The van der Waals surface area contributed by atoms with Crippen LogP contribution in [-0.4, -0.2) is 15.0 Å². The van der Waals surface area contributed by atoms with Crippen LogP contribution in [0.3, 0.4) is 0 Å². The van der Waals surface area contributed by atoms with Gasteiger partial charge in [0, 0.05) is 5.56 Å². The van der Waals surface area contributed by atoms with Crippen LogP contribution in [-0.2, 0) is 12.7 Å². The van der Waals surface area contributed by atoms with E-state index in [1.165, 1.54) is 10.9 Å². The number of benzene rings is 1. The molecule has 5 nitrogen and oxygen atoms in total. The van der Waals surface area contributed by atoms with Crippen LogP contribution in [0.5, 0.6) is 0 Å². The molecule has 0 atom stereocenters. The van der Waals surface area contributed by atoms with E-state index in [0.717, 1.165) is 43.9 Å². The van der Waals surface area contributed by atoms with Crippen molar-refractivity contribution in [3.05, 3.63) is 35.5 Å². The first-order valence-electron chi connectivity index (χ1n) is 7.80. The van der Waals surface area contributed by atoms with Crippen molar-refractivity contribution in [1.29, 1.82) is 10.5 Å². The highest BCUT2D eigenvalue weighted by atomic mass is 19.4. The van der Waals surface area contributed by atoms with E-state index < -0.39 is 17.2 Å². The van der Waals surface area contributed by atoms with Gasteiger partial charge in [0.2, 0.25) is 0 Å². The van der Waals surface area contributed by atoms with E-state index in [1.807, 2.05) is 6.07 Å². The molecule has 1 aliphatic carbocycles. The van der Waals surface area contributed by atoms with E-state index in [-0.39, 0.29) is 16.8 Å². The fourth-order valence-corrected chi connectivity index (χ4v) is 3.20. The van der Waals surface area contributed by atoms with Crippen molar-refractivity contribution < 1.29 is 13.2 Å². The van der Waals surface area contributed by atoms with E-state index in [0.29, 0.717) is 6.54 Å². The maximum Gasteiger partial charge on any atom is 0.416 e. The summed E-state index contributed by atoms with van der Waals surface area (Å²) in [6.45, 7) is 0.345. The van der Waals surface area contributed by atoms with Gasteiger partial charge in [-0.25, -0.2) is 0 Å². The summed E-state index contributed by atoms with van der Waals surface area (Å²) in [5.74, 6) is 0. The lowest BCUT2D eigenvalue weighted by Crippen LogP contribution is -2.21. The van der Waals surface area contributed by atoms with Gasteiger partial charge in [-0.05, 0) is 31.0 Å². The van der Waals surface area contributed by atoms with Crippen LogP contribution in [0.1, 0.15) is 36.8 Å². The molecule has 0 aliphatic heterocycles. The van der Waals surface area contributed by atoms with Crippen molar-refractivity contribution >= 4 is 0 Å². The van der Waals surface area contributed by atoms with Gasteiger partial charge in [-0.2, -0.15) is 23.7 Å². The smallest absolute Gasteiger partial charge is 0.250 e. The monoisotopic (exact) mass is 345 g/mol. The topological polar surface area (TPSA) is 78.3 Å². The van der Waals surface area contributed by atoms with Crippen molar-refractivity contribution in [3.63, 3.8) is 0 Å². The zero-order valence-corrected chi connectivity index (χ0v) is 13.2. The second-order valence-electron chi connectivity index (χ2n) is 6.27. The van der Waals surface area contributed by atoms with Crippen LogP contribution in [0.15, 0.2) is 24.4 Å². The predicted molar refractivity (Wildman–Crippen MR) is 81.7 cm³/mol. The van der Waals surface area contributed by atoms with Crippen LogP contribution in [0.2, 0.25) is 0 Å². The number of nitrogens with zero attached hydrogens (tertiary/aromatic N) is 5. The molecule has 25 heavy (non-hydrogen) atoms. The van der Waals surface area contributed by atoms with Crippen molar-refractivity contribution in [3.8, 4) is 23.4 Å². The third-order valence-corrected chi connectivity index (χ3v) is 4.54. The van der Waals surface area contributed by atoms with Crippen molar-refractivity contribution in [2.75, 3.05) is 0 Å². The molecular formula is C17H14F3N5. The third-order valence-electron chi connectivity index (χ3n) is 4.54. The molecule has 1 heterocycles. The Hall–Kier alpha value is -2.87. The number of aromatic nitrogens is 3. The molecule has 0 bridgehead atoms. The summed E-state index contributed by atoms with van der Waals surface area (Å²) in [6.07, 6.45) is 0.473. The minimum Gasteiger partial charge on any atom is -0.250 e. The molecule has 0 unspecified atom stereocenters. The van der Waals surface area contributed by atoms with Crippen LogP contribution in [0.4, 0.5) is 13.2 Å². The Morgan fingerprint density at radius 3 is 2.52 bits per heavy atom. The summed E-state index contributed by atoms with van der Waals surface area (Å²) in [4.78, 5) is 0. The first kappa shape index (κ1) is 17.0. The second-order valence-corrected chi connectivity index (χ2v) is 6.27. The summed E-state index contributed by atoms with van der Waals surface area (Å²) in [5, 5.41) is 26.4. The number of nitriles is 2. The molecule has 0 N–H and O–H groups in total. The minimum absolute atomic E-state index is 0.0843. The number of hydrogen-bond donors (Lipinski definition) is 0. The molecule has 1 saturated carbocycles. The summed E-state index contributed by atoms with van der Waals surface area (Å²) in [6, 6.07) is 7.12. The molecule has 3 rings (SSSR count). The second kappa shape index (κ2) is 6.21. The lowest BCUT2D eigenvalue weighted by Gasteiger charge is -2.18. The number of hydrogen-bond acceptors (Lipinski definition) is 4.